The highest BCUT2D eigenvalue weighted by molar-refractivity contribution is 7.47. The molecule has 0 aliphatic rings. The highest BCUT2D eigenvalue weighted by atomic mass is 31.2. The molecule has 3 atom stereocenters. The summed E-state index contributed by atoms with van der Waals surface area (Å²) in [6.07, 6.45) is 71.8. The van der Waals surface area contributed by atoms with Crippen LogP contribution < -0.4 is 5.32 Å². The number of carbonyl (C=O) groups is 2. The molecule has 0 aliphatic heterocycles. The molecule has 0 aliphatic carbocycles. The fourth-order valence-corrected chi connectivity index (χ4v) is 9.76. The predicted octanol–water partition coefficient (Wildman–Crippen LogP) is 19.6. The zero-order chi connectivity index (χ0) is 55.7. The molecule has 0 spiro atoms. The molecule has 10 heteroatoms. The minimum Gasteiger partial charge on any atom is -0.456 e. The first-order valence-electron chi connectivity index (χ1n) is 31.8. The third-order valence-corrected chi connectivity index (χ3v) is 14.9. The number of hydrogen-bond donors (Lipinski definition) is 2. The quantitative estimate of drug-likeness (QED) is 0.0205. The number of quaternary nitrogens is 1. The maximum absolute atomic E-state index is 13.5. The molecule has 0 aromatic carbocycles. The van der Waals surface area contributed by atoms with Gasteiger partial charge in [-0.3, -0.25) is 18.6 Å². The smallest absolute Gasteiger partial charge is 0.456 e. The molecule has 2 N–H and O–H groups in total. The van der Waals surface area contributed by atoms with Crippen LogP contribution in [0.25, 0.3) is 0 Å². The topological polar surface area (TPSA) is 111 Å². The van der Waals surface area contributed by atoms with Gasteiger partial charge in [-0.05, 0) is 76.7 Å². The van der Waals surface area contributed by atoms with Crippen molar-refractivity contribution in [1.82, 2.24) is 5.32 Å². The first kappa shape index (κ1) is 73.5. The van der Waals surface area contributed by atoms with Crippen LogP contribution in [0.4, 0.5) is 0 Å². The number of allylic oxidation sites excluding steroid dienone is 11. The monoisotopic (exact) mass is 1090 g/mol. The minimum atomic E-state index is -4.45. The van der Waals surface area contributed by atoms with Crippen molar-refractivity contribution >= 4 is 19.7 Å². The molecule has 0 radical (unpaired) electrons. The van der Waals surface area contributed by atoms with Crippen molar-refractivity contribution in [3.8, 4) is 0 Å². The standard InChI is InChI=1S/C66H121N2O7P/c1-7-10-13-16-19-22-25-27-29-30-31-32-33-34-35-36-37-38-39-40-43-46-49-52-55-58-65(69)67-63(62-74-76(71,72)73-61-60-68(4,5)6)64(57-54-51-48-45-42-24-21-18-15-12-9-3)75-66(70)59-56-53-50-47-44-41-28-26-23-20-17-14-11-8-2/h10,13,19,22,27,29,31-32,34-35,54,57,63-64H,7-9,11-12,14-18,20-21,23-26,28,30,33,36-53,55-56,58-62H2,1-6H3,(H-,67,69,71,72)/p+1/b13-10-,22-19-,29-27-,32-31-,35-34-,57-54-. The van der Waals surface area contributed by atoms with Gasteiger partial charge in [0.2, 0.25) is 5.91 Å². The van der Waals surface area contributed by atoms with Crippen molar-refractivity contribution in [2.75, 3.05) is 40.9 Å². The number of carbonyl (C=O) groups excluding carboxylic acids is 2. The van der Waals surface area contributed by atoms with E-state index in [2.05, 4.69) is 86.8 Å². The molecule has 0 rings (SSSR count). The molecule has 442 valence electrons. The first-order valence-corrected chi connectivity index (χ1v) is 33.3. The van der Waals surface area contributed by atoms with Crippen molar-refractivity contribution < 1.29 is 37.3 Å². The van der Waals surface area contributed by atoms with Crippen molar-refractivity contribution in [2.45, 2.75) is 296 Å². The third kappa shape index (κ3) is 56.2. The van der Waals surface area contributed by atoms with E-state index in [9.17, 15) is 19.0 Å². The Morgan fingerprint density at radius 1 is 0.474 bits per heavy atom. The number of amides is 1. The summed E-state index contributed by atoms with van der Waals surface area (Å²) in [5, 5.41) is 3.06. The van der Waals surface area contributed by atoms with Gasteiger partial charge in [-0.25, -0.2) is 4.57 Å². The molecule has 3 unspecified atom stereocenters. The van der Waals surface area contributed by atoms with E-state index < -0.39 is 20.0 Å². The molecule has 0 aromatic heterocycles. The SMILES string of the molecule is CC/C=C\C/C=C\C/C=C\C/C=C\C/C=C\CCCCCCCCCCCC(=O)NC(COP(=O)(O)OCC[N+](C)(C)C)C(/C=C\CCCCCCCCCCC)OC(=O)CCCCCCCCCCCCCCCC. The van der Waals surface area contributed by atoms with Crippen molar-refractivity contribution in [2.24, 2.45) is 0 Å². The van der Waals surface area contributed by atoms with Crippen LogP contribution in [0, 0.1) is 0 Å². The van der Waals surface area contributed by atoms with Crippen molar-refractivity contribution in [1.29, 1.82) is 0 Å². The number of phosphoric ester groups is 1. The second-order valence-electron chi connectivity index (χ2n) is 22.6. The number of ether oxygens (including phenoxy) is 1. The number of likely N-dealkylation sites (N-methyl/N-ethyl adjacent to an activating group) is 1. The zero-order valence-electron chi connectivity index (χ0n) is 50.5. The lowest BCUT2D eigenvalue weighted by Gasteiger charge is -2.27. The molecule has 0 heterocycles. The lowest BCUT2D eigenvalue weighted by molar-refractivity contribution is -0.870. The van der Waals surface area contributed by atoms with Crippen LogP contribution in [0.1, 0.15) is 284 Å². The molecule has 76 heavy (non-hydrogen) atoms. The van der Waals surface area contributed by atoms with Gasteiger partial charge < -0.3 is 19.4 Å². The van der Waals surface area contributed by atoms with E-state index in [0.717, 1.165) is 103 Å². The van der Waals surface area contributed by atoms with Crippen LogP contribution in [0.2, 0.25) is 0 Å². The number of nitrogens with one attached hydrogen (secondary N) is 1. The molecular formula is C66H122N2O7P+. The average molecular weight is 1090 g/mol. The summed E-state index contributed by atoms with van der Waals surface area (Å²) < 4.78 is 30.7. The molecule has 0 saturated heterocycles. The fourth-order valence-electron chi connectivity index (χ4n) is 9.03. The zero-order valence-corrected chi connectivity index (χ0v) is 51.4. The van der Waals surface area contributed by atoms with E-state index in [1.165, 1.54) is 148 Å². The molecule has 0 aromatic rings. The van der Waals surface area contributed by atoms with E-state index in [1.807, 2.05) is 33.3 Å². The van der Waals surface area contributed by atoms with E-state index in [-0.39, 0.29) is 25.1 Å². The van der Waals surface area contributed by atoms with Gasteiger partial charge in [0, 0.05) is 12.8 Å². The highest BCUT2D eigenvalue weighted by Crippen LogP contribution is 2.43. The highest BCUT2D eigenvalue weighted by Gasteiger charge is 2.30. The van der Waals surface area contributed by atoms with E-state index in [1.54, 1.807) is 0 Å². The summed E-state index contributed by atoms with van der Waals surface area (Å²) in [4.78, 5) is 37.7. The number of rotatable bonds is 57. The maximum Gasteiger partial charge on any atom is 0.472 e. The van der Waals surface area contributed by atoms with Crippen LogP contribution in [-0.2, 0) is 27.9 Å². The summed E-state index contributed by atoms with van der Waals surface area (Å²) in [7, 11) is 1.49. The Kier molecular flexibility index (Phi) is 53.9. The fraction of sp³-hybridized carbons (Fsp3) is 0.788. The maximum atomic E-state index is 13.5. The minimum absolute atomic E-state index is 0.0381. The lowest BCUT2D eigenvalue weighted by atomic mass is 10.0. The number of esters is 1. The number of nitrogens with zero attached hydrogens (tertiary/aromatic N) is 1. The van der Waals surface area contributed by atoms with E-state index in [4.69, 9.17) is 13.8 Å². The van der Waals surface area contributed by atoms with Crippen molar-refractivity contribution in [3.63, 3.8) is 0 Å². The summed E-state index contributed by atoms with van der Waals surface area (Å²) in [5.74, 6) is -0.507. The van der Waals surface area contributed by atoms with Crippen LogP contribution in [-0.4, -0.2) is 74.3 Å². The Morgan fingerprint density at radius 2 is 0.842 bits per heavy atom. The van der Waals surface area contributed by atoms with Crippen molar-refractivity contribution in [3.05, 3.63) is 72.9 Å². The van der Waals surface area contributed by atoms with Gasteiger partial charge in [-0.15, -0.1) is 0 Å². The molecule has 0 saturated carbocycles. The van der Waals surface area contributed by atoms with Gasteiger partial charge in [0.1, 0.15) is 19.3 Å². The Labute approximate surface area is 470 Å². The summed E-state index contributed by atoms with van der Waals surface area (Å²) in [5.41, 5.74) is 0. The molecule has 0 bridgehead atoms. The Hall–Kier alpha value is -2.55. The van der Waals surface area contributed by atoms with Crippen LogP contribution in [0.5, 0.6) is 0 Å². The lowest BCUT2D eigenvalue weighted by Crippen LogP contribution is -2.47. The number of phosphoric acid groups is 1. The second-order valence-corrected chi connectivity index (χ2v) is 24.0. The predicted molar refractivity (Wildman–Crippen MR) is 328 cm³/mol. The van der Waals surface area contributed by atoms with Crippen LogP contribution in [0.3, 0.4) is 0 Å². The van der Waals surface area contributed by atoms with Gasteiger partial charge >= 0.3 is 13.8 Å². The number of unbranched alkanes of at least 4 members (excludes halogenated alkanes) is 31. The third-order valence-electron chi connectivity index (χ3n) is 13.9. The van der Waals surface area contributed by atoms with Crippen LogP contribution >= 0.6 is 7.82 Å². The molecular weight excluding hydrogens is 964 g/mol. The van der Waals surface area contributed by atoms with Gasteiger partial charge in [-0.2, -0.15) is 0 Å². The largest absolute Gasteiger partial charge is 0.472 e. The second kappa shape index (κ2) is 55.8. The average Bonchev–Trinajstić information content (AvgIpc) is 3.38. The first-order chi connectivity index (χ1) is 36.9. The summed E-state index contributed by atoms with van der Waals surface area (Å²) >= 11 is 0. The van der Waals surface area contributed by atoms with Crippen LogP contribution in [0.15, 0.2) is 72.9 Å². The summed E-state index contributed by atoms with van der Waals surface area (Å²) in [6, 6.07) is -0.851. The van der Waals surface area contributed by atoms with E-state index >= 15 is 0 Å². The Bertz CT molecular complexity index is 1530. The van der Waals surface area contributed by atoms with Gasteiger partial charge in [-0.1, -0.05) is 267 Å². The van der Waals surface area contributed by atoms with Gasteiger partial charge in [0.05, 0.1) is 33.8 Å². The Balaban J connectivity index is 5.11. The normalized spacial score (nSPS) is 14.1. The van der Waals surface area contributed by atoms with E-state index in [0.29, 0.717) is 23.9 Å². The van der Waals surface area contributed by atoms with Gasteiger partial charge in [0.15, 0.2) is 0 Å². The molecule has 0 fully saturated rings. The summed E-state index contributed by atoms with van der Waals surface area (Å²) in [6.45, 7) is 6.90. The number of hydrogen-bond acceptors (Lipinski definition) is 6. The molecule has 9 nitrogen and oxygen atoms in total. The molecule has 1 amide bonds. The van der Waals surface area contributed by atoms with Gasteiger partial charge in [0.25, 0.3) is 0 Å². The Morgan fingerprint density at radius 3 is 1.26 bits per heavy atom.